The van der Waals surface area contributed by atoms with E-state index in [9.17, 15) is 14.9 Å². The molecule has 258 valence electrons. The van der Waals surface area contributed by atoms with E-state index < -0.39 is 37.6 Å². The fourth-order valence-electron chi connectivity index (χ4n) is 6.55. The lowest BCUT2D eigenvalue weighted by atomic mass is 9.76. The first-order chi connectivity index (χ1) is 23.6. The second-order valence-electron chi connectivity index (χ2n) is 12.8. The van der Waals surface area contributed by atoms with Crippen LogP contribution in [0.1, 0.15) is 69.0 Å². The van der Waals surface area contributed by atoms with Crippen molar-refractivity contribution in [3.63, 3.8) is 0 Å². The average molecular weight is 684 g/mol. The Morgan fingerprint density at radius 3 is 1.96 bits per heavy atom. The monoisotopic (exact) mass is 683 g/mol. The van der Waals surface area contributed by atoms with Gasteiger partial charge in [0, 0.05) is 36.3 Å². The van der Waals surface area contributed by atoms with Crippen LogP contribution < -0.4 is 16.6 Å². The van der Waals surface area contributed by atoms with Crippen LogP contribution in [0.4, 0.5) is 0 Å². The zero-order valence-corrected chi connectivity index (χ0v) is 29.7. The number of nitriles is 1. The van der Waals surface area contributed by atoms with Crippen LogP contribution in [0.25, 0.3) is 0 Å². The van der Waals surface area contributed by atoms with Crippen molar-refractivity contribution in [2.24, 2.45) is 0 Å². The molecule has 4 atom stereocenters. The minimum Gasteiger partial charge on any atom is -0.351 e. The summed E-state index contributed by atoms with van der Waals surface area (Å²) in [6.07, 6.45) is 1.03. The molecule has 1 aromatic heterocycles. The number of rotatable bonds is 15. The molecule has 0 aliphatic carbocycles. The quantitative estimate of drug-likeness (QED) is 0.0842. The molecule has 1 aliphatic heterocycles. The Morgan fingerprint density at radius 1 is 0.939 bits per heavy atom. The Bertz CT molecular complexity index is 1690. The molecular weight excluding hydrogens is 637 g/mol. The van der Waals surface area contributed by atoms with E-state index in [1.54, 1.807) is 13.1 Å². The van der Waals surface area contributed by atoms with Crippen molar-refractivity contribution in [1.29, 1.82) is 5.26 Å². The minimum atomic E-state index is -1.54. The molecule has 2 unspecified atom stereocenters. The van der Waals surface area contributed by atoms with Crippen molar-refractivity contribution in [2.75, 3.05) is 13.2 Å². The van der Waals surface area contributed by atoms with Crippen molar-refractivity contribution in [2.45, 2.75) is 83.5 Å². The summed E-state index contributed by atoms with van der Waals surface area (Å²) in [4.78, 5) is 27.8. The number of benzene rings is 3. The summed E-state index contributed by atoms with van der Waals surface area (Å²) < 4.78 is 23.2. The number of nitrogens with zero attached hydrogens (tertiary/aromatic N) is 3. The smallest absolute Gasteiger partial charge is 0.330 e. The number of aromatic amines is 1. The fourth-order valence-corrected chi connectivity index (χ4v) is 8.17. The number of hydrogen-bond acceptors (Lipinski definition) is 8. The van der Waals surface area contributed by atoms with Gasteiger partial charge in [0.25, 0.3) is 14.1 Å². The van der Waals surface area contributed by atoms with Crippen LogP contribution in [0.2, 0.25) is 0 Å². The molecule has 5 rings (SSSR count). The first kappa shape index (κ1) is 36.3. The maximum absolute atomic E-state index is 13.1. The summed E-state index contributed by atoms with van der Waals surface area (Å²) in [6, 6.07) is 33.0. The van der Waals surface area contributed by atoms with Crippen LogP contribution in [-0.4, -0.2) is 51.7 Å². The van der Waals surface area contributed by atoms with Crippen molar-refractivity contribution >= 4 is 8.53 Å². The van der Waals surface area contributed by atoms with Crippen LogP contribution in [0.5, 0.6) is 0 Å². The third-order valence-electron chi connectivity index (χ3n) is 8.73. The molecule has 1 saturated heterocycles. The maximum Gasteiger partial charge on any atom is 0.330 e. The van der Waals surface area contributed by atoms with Crippen molar-refractivity contribution in [3.8, 4) is 6.07 Å². The lowest BCUT2D eigenvalue weighted by molar-refractivity contribution is -0.0279. The minimum absolute atomic E-state index is 0.129. The molecule has 1 aliphatic rings. The Balaban J connectivity index is 1.59. The van der Waals surface area contributed by atoms with Gasteiger partial charge in [-0.25, -0.2) is 9.46 Å². The molecule has 0 bridgehead atoms. The molecule has 1 fully saturated rings. The molecule has 0 spiro atoms. The molecule has 2 N–H and O–H groups in total. The Hall–Kier alpha value is -3.94. The van der Waals surface area contributed by atoms with Gasteiger partial charge in [0.05, 0.1) is 37.3 Å². The number of hydrogen-bond donors (Lipinski definition) is 2. The van der Waals surface area contributed by atoms with Crippen molar-refractivity contribution < 1.29 is 13.8 Å². The van der Waals surface area contributed by atoms with Gasteiger partial charge in [0.1, 0.15) is 6.23 Å². The molecule has 10 nitrogen and oxygen atoms in total. The second-order valence-corrected chi connectivity index (χ2v) is 14.2. The lowest BCUT2D eigenvalue weighted by Crippen LogP contribution is -2.53. The first-order valence-corrected chi connectivity index (χ1v) is 17.9. The third-order valence-corrected chi connectivity index (χ3v) is 10.8. The highest BCUT2D eigenvalue weighted by Crippen LogP contribution is 2.47. The molecule has 2 heterocycles. The van der Waals surface area contributed by atoms with Gasteiger partial charge in [0.15, 0.2) is 0 Å². The molecule has 3 aromatic carbocycles. The Labute approximate surface area is 289 Å². The van der Waals surface area contributed by atoms with Gasteiger partial charge in [-0.2, -0.15) is 5.26 Å². The molecule has 4 aromatic rings. The van der Waals surface area contributed by atoms with Gasteiger partial charge in [-0.1, -0.05) is 91.0 Å². The average Bonchev–Trinajstić information content (AvgIpc) is 3.50. The SMILES string of the molecule is Cc1cn([C@H]2CC(NC(c3ccccc3)(c3ccccc3)c3ccccc3)[C@@H](COP(OCCC#N)N(C(C)C)C(C)C)O2)c(=O)[nH]c1=O. The zero-order valence-electron chi connectivity index (χ0n) is 28.8. The summed E-state index contributed by atoms with van der Waals surface area (Å²) >= 11 is 0. The third kappa shape index (κ3) is 8.27. The number of H-pyrrole nitrogens is 1. The number of ether oxygens (including phenoxy) is 1. The highest BCUT2D eigenvalue weighted by atomic mass is 31.2. The molecule has 0 saturated carbocycles. The molecule has 49 heavy (non-hydrogen) atoms. The summed E-state index contributed by atoms with van der Waals surface area (Å²) in [5, 5.41) is 13.2. The lowest BCUT2D eigenvalue weighted by Gasteiger charge is -2.40. The topological polar surface area (TPSA) is 122 Å². The van der Waals surface area contributed by atoms with Gasteiger partial charge in [-0.05, 0) is 51.3 Å². The standard InChI is InChI=1S/C38H46N5O5P/c1-27(2)43(28(3)4)49(46-23-15-22-39)47-26-34-33(24-35(48-34)42-25-29(5)36(44)40-37(42)45)41-38(30-16-9-6-10-17-30,31-18-11-7-12-19-31)32-20-13-8-14-21-32/h6-14,16-21,25,27-28,33-35,41H,15,23-24,26H2,1-5H3,(H,40,44,45)/t33?,34-,35-,49?/m1/s1. The van der Waals surface area contributed by atoms with Gasteiger partial charge < -0.3 is 13.8 Å². The maximum atomic E-state index is 13.1. The highest BCUT2D eigenvalue weighted by Gasteiger charge is 2.45. The van der Waals surface area contributed by atoms with Gasteiger partial charge in [-0.15, -0.1) is 0 Å². The zero-order chi connectivity index (χ0) is 35.0. The fraction of sp³-hybridized carbons (Fsp3) is 0.395. The van der Waals surface area contributed by atoms with Crippen molar-refractivity contribution in [3.05, 3.63) is 140 Å². The summed E-state index contributed by atoms with van der Waals surface area (Å²) in [7, 11) is -1.54. The molecule has 0 radical (unpaired) electrons. The first-order valence-electron chi connectivity index (χ1n) is 16.8. The number of aryl methyl sites for hydroxylation is 1. The van der Waals surface area contributed by atoms with Gasteiger partial charge in [0.2, 0.25) is 0 Å². The van der Waals surface area contributed by atoms with E-state index in [0.717, 1.165) is 16.7 Å². The largest absolute Gasteiger partial charge is 0.351 e. The van der Waals surface area contributed by atoms with Gasteiger partial charge >= 0.3 is 5.69 Å². The predicted octanol–water partition coefficient (Wildman–Crippen LogP) is 6.38. The van der Waals surface area contributed by atoms with E-state index in [1.165, 1.54) is 4.57 Å². The van der Waals surface area contributed by atoms with Gasteiger partial charge in [-0.3, -0.25) is 19.7 Å². The van der Waals surface area contributed by atoms with E-state index in [1.807, 2.05) is 54.6 Å². The Morgan fingerprint density at radius 2 is 1.47 bits per heavy atom. The van der Waals surface area contributed by atoms with E-state index in [-0.39, 0.29) is 37.8 Å². The van der Waals surface area contributed by atoms with Crippen molar-refractivity contribution in [1.82, 2.24) is 19.5 Å². The van der Waals surface area contributed by atoms with E-state index in [4.69, 9.17) is 13.8 Å². The van der Waals surface area contributed by atoms with E-state index >= 15 is 0 Å². The van der Waals surface area contributed by atoms with Crippen LogP contribution >= 0.6 is 8.53 Å². The van der Waals surface area contributed by atoms with Crippen LogP contribution in [0.3, 0.4) is 0 Å². The van der Waals surface area contributed by atoms with Crippen LogP contribution in [0, 0.1) is 18.3 Å². The predicted molar refractivity (Wildman–Crippen MR) is 192 cm³/mol. The summed E-state index contributed by atoms with van der Waals surface area (Å²) in [6.45, 7) is 10.5. The van der Waals surface area contributed by atoms with Crippen LogP contribution in [0.15, 0.2) is 107 Å². The number of aromatic nitrogens is 2. The second kappa shape index (κ2) is 16.6. The summed E-state index contributed by atoms with van der Waals surface area (Å²) in [5.41, 5.74) is 1.79. The Kier molecular flexibility index (Phi) is 12.3. The summed E-state index contributed by atoms with van der Waals surface area (Å²) in [5.74, 6) is 0. The molecule has 0 amide bonds. The number of nitrogens with one attached hydrogen (secondary N) is 2. The molecular formula is C38H46N5O5P. The van der Waals surface area contributed by atoms with Crippen LogP contribution in [-0.2, 0) is 19.3 Å². The van der Waals surface area contributed by atoms with E-state index in [0.29, 0.717) is 12.0 Å². The highest BCUT2D eigenvalue weighted by molar-refractivity contribution is 7.44. The van der Waals surface area contributed by atoms with E-state index in [2.05, 4.69) is 85.1 Å². The molecule has 11 heteroatoms. The normalized spacial score (nSPS) is 18.6.